The number of hydrogen-bond acceptors (Lipinski definition) is 4. The summed E-state index contributed by atoms with van der Waals surface area (Å²) in [5.74, 6) is 1.34. The number of aryl methyl sites for hydroxylation is 1. The lowest BCUT2D eigenvalue weighted by Crippen LogP contribution is -2.36. The van der Waals surface area contributed by atoms with Gasteiger partial charge in [-0.15, -0.1) is 0 Å². The number of benzene rings is 2. The zero-order chi connectivity index (χ0) is 22.3. The molecule has 0 fully saturated rings. The molecule has 2 heterocycles. The van der Waals surface area contributed by atoms with Crippen LogP contribution in [-0.2, 0) is 13.1 Å². The second-order valence-electron chi connectivity index (χ2n) is 7.46. The number of oxazole rings is 1. The lowest BCUT2D eigenvalue weighted by Gasteiger charge is -2.10. The van der Waals surface area contributed by atoms with Crippen LogP contribution >= 0.6 is 0 Å². The largest absolute Gasteiger partial charge is 0.444 e. The van der Waals surface area contributed by atoms with E-state index in [2.05, 4.69) is 34.7 Å². The minimum Gasteiger partial charge on any atom is -0.444 e. The van der Waals surface area contributed by atoms with E-state index in [4.69, 9.17) is 14.5 Å². The normalized spacial score (nSPS) is 11.5. The molecule has 164 valence electrons. The van der Waals surface area contributed by atoms with Crippen LogP contribution in [0.5, 0.6) is 0 Å². The molecule has 7 heteroatoms. The first-order valence-corrected chi connectivity index (χ1v) is 10.8. The lowest BCUT2D eigenvalue weighted by molar-refractivity contribution is 0.572. The Labute approximate surface area is 188 Å². The molecule has 2 aromatic carbocycles. The van der Waals surface area contributed by atoms with Crippen molar-refractivity contribution >= 4 is 5.96 Å². The highest BCUT2D eigenvalue weighted by Gasteiger charge is 2.13. The SMILES string of the molecule is CCNC(=NCc1c(C)nn(-c2ccccc2)c1C)NCc1coc(-c2ccccc2)n1. The van der Waals surface area contributed by atoms with E-state index in [0.29, 0.717) is 19.0 Å². The zero-order valence-corrected chi connectivity index (χ0v) is 18.7. The Balaban J connectivity index is 1.45. The number of aliphatic imine (C=N–C) groups is 1. The van der Waals surface area contributed by atoms with E-state index in [1.54, 1.807) is 6.26 Å². The summed E-state index contributed by atoms with van der Waals surface area (Å²) in [6, 6.07) is 20.0. The molecule has 0 unspecified atom stereocenters. The fourth-order valence-corrected chi connectivity index (χ4v) is 3.50. The van der Waals surface area contributed by atoms with Gasteiger partial charge in [0.2, 0.25) is 5.89 Å². The molecule has 2 N–H and O–H groups in total. The number of aromatic nitrogens is 3. The van der Waals surface area contributed by atoms with Crippen molar-refractivity contribution in [3.8, 4) is 17.1 Å². The molecule has 0 amide bonds. The third-order valence-electron chi connectivity index (χ3n) is 5.19. The van der Waals surface area contributed by atoms with Crippen molar-refractivity contribution in [2.75, 3.05) is 6.54 Å². The van der Waals surface area contributed by atoms with Gasteiger partial charge in [0.05, 0.1) is 30.2 Å². The number of para-hydroxylation sites is 1. The molecule has 0 bridgehead atoms. The molecule has 0 aliphatic rings. The molecule has 2 aromatic heterocycles. The molecule has 0 atom stereocenters. The number of hydrogen-bond donors (Lipinski definition) is 2. The molecular weight excluding hydrogens is 400 g/mol. The smallest absolute Gasteiger partial charge is 0.226 e. The van der Waals surface area contributed by atoms with Gasteiger partial charge in [0, 0.05) is 23.4 Å². The van der Waals surface area contributed by atoms with Gasteiger partial charge in [-0.1, -0.05) is 36.4 Å². The maximum absolute atomic E-state index is 5.63. The van der Waals surface area contributed by atoms with E-state index in [1.165, 1.54) is 0 Å². The number of nitrogens with zero attached hydrogens (tertiary/aromatic N) is 4. The fraction of sp³-hybridized carbons (Fsp3) is 0.240. The standard InChI is InChI=1S/C25H28N6O/c1-4-26-25(27-15-21-17-32-24(29-21)20-11-7-5-8-12-20)28-16-23-18(2)30-31(19(23)3)22-13-9-6-10-14-22/h5-14,17H,4,15-16H2,1-3H3,(H2,26,27,28). The monoisotopic (exact) mass is 428 g/mol. The third-order valence-corrected chi connectivity index (χ3v) is 5.19. The first-order chi connectivity index (χ1) is 15.7. The fourth-order valence-electron chi connectivity index (χ4n) is 3.50. The van der Waals surface area contributed by atoms with E-state index in [9.17, 15) is 0 Å². The zero-order valence-electron chi connectivity index (χ0n) is 18.7. The molecule has 0 saturated carbocycles. The highest BCUT2D eigenvalue weighted by Crippen LogP contribution is 2.19. The van der Waals surface area contributed by atoms with E-state index in [1.807, 2.05) is 67.1 Å². The van der Waals surface area contributed by atoms with Crippen molar-refractivity contribution in [3.63, 3.8) is 0 Å². The molecule has 0 aliphatic heterocycles. The van der Waals surface area contributed by atoms with Gasteiger partial charge in [-0.2, -0.15) is 5.10 Å². The van der Waals surface area contributed by atoms with Gasteiger partial charge < -0.3 is 15.1 Å². The van der Waals surface area contributed by atoms with E-state index in [-0.39, 0.29) is 0 Å². The molecule has 4 aromatic rings. The number of rotatable bonds is 7. The van der Waals surface area contributed by atoms with Crippen LogP contribution in [0.4, 0.5) is 0 Å². The summed E-state index contributed by atoms with van der Waals surface area (Å²) in [5.41, 5.74) is 6.03. The van der Waals surface area contributed by atoms with Crippen LogP contribution in [0.2, 0.25) is 0 Å². The summed E-state index contributed by atoms with van der Waals surface area (Å²) in [6.07, 6.45) is 1.68. The third kappa shape index (κ3) is 4.88. The van der Waals surface area contributed by atoms with Crippen LogP contribution < -0.4 is 10.6 Å². The Kier molecular flexibility index (Phi) is 6.65. The lowest BCUT2D eigenvalue weighted by atomic mass is 10.2. The maximum atomic E-state index is 5.63. The average molecular weight is 429 g/mol. The second-order valence-corrected chi connectivity index (χ2v) is 7.46. The highest BCUT2D eigenvalue weighted by atomic mass is 16.3. The summed E-state index contributed by atoms with van der Waals surface area (Å²) in [6.45, 7) is 7.97. The quantitative estimate of drug-likeness (QED) is 0.337. The van der Waals surface area contributed by atoms with E-state index < -0.39 is 0 Å². The number of guanidine groups is 1. The van der Waals surface area contributed by atoms with Gasteiger partial charge in [-0.3, -0.25) is 0 Å². The van der Waals surface area contributed by atoms with Crippen LogP contribution in [0.1, 0.15) is 29.6 Å². The number of nitrogens with one attached hydrogen (secondary N) is 2. The van der Waals surface area contributed by atoms with Crippen molar-refractivity contribution < 1.29 is 4.42 Å². The van der Waals surface area contributed by atoms with Crippen molar-refractivity contribution in [2.24, 2.45) is 4.99 Å². The Bertz CT molecular complexity index is 1180. The van der Waals surface area contributed by atoms with Crippen LogP contribution in [0.25, 0.3) is 17.1 Å². The molecule has 0 spiro atoms. The van der Waals surface area contributed by atoms with Gasteiger partial charge in [0.15, 0.2) is 5.96 Å². The first-order valence-electron chi connectivity index (χ1n) is 10.8. The van der Waals surface area contributed by atoms with Crippen LogP contribution in [0.15, 0.2) is 76.3 Å². The van der Waals surface area contributed by atoms with Crippen molar-refractivity contribution in [1.29, 1.82) is 0 Å². The van der Waals surface area contributed by atoms with Crippen molar-refractivity contribution in [3.05, 3.63) is 89.6 Å². The molecule has 0 aliphatic carbocycles. The predicted octanol–water partition coefficient (Wildman–Crippen LogP) is 4.40. The summed E-state index contributed by atoms with van der Waals surface area (Å²) >= 11 is 0. The Hall–Kier alpha value is -3.87. The molecule has 32 heavy (non-hydrogen) atoms. The van der Waals surface area contributed by atoms with Gasteiger partial charge in [0.25, 0.3) is 0 Å². The van der Waals surface area contributed by atoms with Crippen LogP contribution in [0.3, 0.4) is 0 Å². The molecule has 7 nitrogen and oxygen atoms in total. The molecule has 0 radical (unpaired) electrons. The van der Waals surface area contributed by atoms with Gasteiger partial charge in [-0.25, -0.2) is 14.7 Å². The maximum Gasteiger partial charge on any atom is 0.226 e. The van der Waals surface area contributed by atoms with E-state index >= 15 is 0 Å². The average Bonchev–Trinajstić information content (AvgIpc) is 3.41. The summed E-state index contributed by atoms with van der Waals surface area (Å²) in [4.78, 5) is 9.35. The topological polar surface area (TPSA) is 80.3 Å². The van der Waals surface area contributed by atoms with Gasteiger partial charge >= 0.3 is 0 Å². The summed E-state index contributed by atoms with van der Waals surface area (Å²) in [5, 5.41) is 11.3. The molecular formula is C25H28N6O. The van der Waals surface area contributed by atoms with Crippen LogP contribution in [0, 0.1) is 13.8 Å². The Morgan fingerprint density at radius 3 is 2.44 bits per heavy atom. The minimum atomic E-state index is 0.517. The van der Waals surface area contributed by atoms with Gasteiger partial charge in [0.1, 0.15) is 6.26 Å². The predicted molar refractivity (Wildman–Crippen MR) is 127 cm³/mol. The second kappa shape index (κ2) is 9.96. The van der Waals surface area contributed by atoms with Crippen LogP contribution in [-0.4, -0.2) is 27.3 Å². The Morgan fingerprint density at radius 1 is 1.00 bits per heavy atom. The molecule has 0 saturated heterocycles. The first kappa shape index (κ1) is 21.4. The van der Waals surface area contributed by atoms with Crippen molar-refractivity contribution in [1.82, 2.24) is 25.4 Å². The summed E-state index contributed by atoms with van der Waals surface area (Å²) < 4.78 is 7.60. The molecule has 4 rings (SSSR count). The van der Waals surface area contributed by atoms with Crippen molar-refractivity contribution in [2.45, 2.75) is 33.9 Å². The minimum absolute atomic E-state index is 0.517. The Morgan fingerprint density at radius 2 is 1.72 bits per heavy atom. The highest BCUT2D eigenvalue weighted by molar-refractivity contribution is 5.79. The summed E-state index contributed by atoms with van der Waals surface area (Å²) in [7, 11) is 0. The van der Waals surface area contributed by atoms with E-state index in [0.717, 1.165) is 46.4 Å². The van der Waals surface area contributed by atoms with Gasteiger partial charge in [-0.05, 0) is 45.0 Å².